The third kappa shape index (κ3) is 5.97. The number of nitrogens with zero attached hydrogens (tertiary/aromatic N) is 4. The van der Waals surface area contributed by atoms with Crippen molar-refractivity contribution in [3.05, 3.63) is 241 Å². The number of aromatic nitrogens is 2. The molecule has 10 aromatic carbocycles. The van der Waals surface area contributed by atoms with Crippen LogP contribution in [0.4, 0.5) is 0 Å². The molecule has 314 valence electrons. The molecule has 1 N–H and O–H groups in total. The van der Waals surface area contributed by atoms with Gasteiger partial charge in [0.1, 0.15) is 23.2 Å². The van der Waals surface area contributed by atoms with Gasteiger partial charge in [0.15, 0.2) is 5.84 Å². The summed E-state index contributed by atoms with van der Waals surface area (Å²) in [4.78, 5) is 11.0. The summed E-state index contributed by atoms with van der Waals surface area (Å²) in [5.41, 5.74) is 13.3. The molecule has 67 heavy (non-hydrogen) atoms. The molecule has 6 heteroatoms. The topological polar surface area (TPSA) is 59.8 Å². The number of rotatable bonds is 6. The SMILES string of the molecule is c1ccc(-c2ccc(C3N=C(c4ccc5c6ccccc6n(-c6ccccc6)c5c4)N=C(c4cc(-n5c6ccccc6c6cc7ccccc7cc65)cc5c4oc4ccccc45)N3)cc2)cc1. The summed E-state index contributed by atoms with van der Waals surface area (Å²) >= 11 is 0. The Morgan fingerprint density at radius 1 is 0.403 bits per heavy atom. The van der Waals surface area contributed by atoms with Gasteiger partial charge in [-0.15, -0.1) is 0 Å². The second kappa shape index (κ2) is 14.8. The molecule has 0 saturated heterocycles. The molecule has 1 atom stereocenters. The van der Waals surface area contributed by atoms with E-state index in [2.05, 4.69) is 227 Å². The van der Waals surface area contributed by atoms with Crippen molar-refractivity contribution in [1.82, 2.24) is 14.5 Å². The van der Waals surface area contributed by atoms with E-state index >= 15 is 0 Å². The monoisotopic (exact) mass is 857 g/mol. The highest BCUT2D eigenvalue weighted by Gasteiger charge is 2.27. The molecule has 0 spiro atoms. The number of amidine groups is 2. The zero-order valence-electron chi connectivity index (χ0n) is 36.1. The molecule has 0 bridgehead atoms. The minimum atomic E-state index is -0.453. The Hall–Kier alpha value is -9.00. The van der Waals surface area contributed by atoms with Crippen molar-refractivity contribution in [2.75, 3.05) is 0 Å². The molecule has 1 unspecified atom stereocenters. The summed E-state index contributed by atoms with van der Waals surface area (Å²) in [5, 5.41) is 13.1. The Balaban J connectivity index is 1.01. The Labute approximate surface area is 385 Å². The molecule has 0 saturated carbocycles. The standard InChI is InChI=1S/C61H39N5O/c1-3-15-38(16-4-1)39-27-29-40(30-28-39)59-62-60(43-31-32-48-46-21-9-12-24-53(46)65(55(48)35-43)44-19-5-2-6-20-44)64-61(63-59)52-37-45(36-51-49-23-11-14-26-57(49)67-58(51)52)66-54-25-13-10-22-47(54)50-33-41-17-7-8-18-42(41)34-56(50)66/h1-37,59H,(H,62,63,64). The van der Waals surface area contributed by atoms with Crippen molar-refractivity contribution in [3.63, 3.8) is 0 Å². The number of furan rings is 1. The van der Waals surface area contributed by atoms with E-state index < -0.39 is 6.17 Å². The van der Waals surface area contributed by atoms with Gasteiger partial charge in [0.05, 0.1) is 27.6 Å². The van der Waals surface area contributed by atoms with Crippen molar-refractivity contribution >= 4 is 88.0 Å². The molecule has 0 amide bonds. The molecular weight excluding hydrogens is 819 g/mol. The van der Waals surface area contributed by atoms with Crippen LogP contribution in [0.2, 0.25) is 0 Å². The predicted octanol–water partition coefficient (Wildman–Crippen LogP) is 15.1. The Bertz CT molecular complexity index is 4180. The van der Waals surface area contributed by atoms with Gasteiger partial charge < -0.3 is 18.9 Å². The summed E-state index contributed by atoms with van der Waals surface area (Å²) < 4.78 is 11.6. The number of aliphatic imine (C=N–C) groups is 2. The molecule has 0 radical (unpaired) electrons. The number of fused-ring (bicyclic) bond motifs is 10. The quantitative estimate of drug-likeness (QED) is 0.181. The lowest BCUT2D eigenvalue weighted by atomic mass is 10.0. The molecule has 1 aliphatic heterocycles. The first-order valence-electron chi connectivity index (χ1n) is 22.8. The van der Waals surface area contributed by atoms with Gasteiger partial charge in [-0.05, 0) is 88.1 Å². The lowest BCUT2D eigenvalue weighted by molar-refractivity contribution is 0.659. The van der Waals surface area contributed by atoms with Crippen LogP contribution in [0.5, 0.6) is 0 Å². The molecule has 6 nitrogen and oxygen atoms in total. The van der Waals surface area contributed by atoms with Gasteiger partial charge >= 0.3 is 0 Å². The van der Waals surface area contributed by atoms with E-state index in [1.54, 1.807) is 0 Å². The van der Waals surface area contributed by atoms with Crippen molar-refractivity contribution in [2.45, 2.75) is 6.17 Å². The highest BCUT2D eigenvalue weighted by atomic mass is 16.3. The van der Waals surface area contributed by atoms with E-state index in [0.29, 0.717) is 11.7 Å². The lowest BCUT2D eigenvalue weighted by Gasteiger charge is -2.24. The number of benzene rings is 10. The van der Waals surface area contributed by atoms with Gasteiger partial charge in [-0.1, -0.05) is 164 Å². The molecule has 0 aliphatic carbocycles. The van der Waals surface area contributed by atoms with Crippen LogP contribution in [-0.4, -0.2) is 20.8 Å². The Kier molecular flexibility index (Phi) is 8.24. The van der Waals surface area contributed by atoms with Crippen LogP contribution >= 0.6 is 0 Å². The fourth-order valence-electron chi connectivity index (χ4n) is 10.4. The zero-order chi connectivity index (χ0) is 44.0. The smallest absolute Gasteiger partial charge is 0.159 e. The first kappa shape index (κ1) is 37.4. The third-order valence-corrected chi connectivity index (χ3v) is 13.5. The highest BCUT2D eigenvalue weighted by molar-refractivity contribution is 6.21. The molecule has 1 aliphatic rings. The van der Waals surface area contributed by atoms with Crippen LogP contribution in [0.1, 0.15) is 22.9 Å². The van der Waals surface area contributed by atoms with E-state index in [1.807, 2.05) is 12.1 Å². The summed E-state index contributed by atoms with van der Waals surface area (Å²) in [7, 11) is 0. The summed E-state index contributed by atoms with van der Waals surface area (Å²) in [6.45, 7) is 0. The first-order chi connectivity index (χ1) is 33.2. The largest absolute Gasteiger partial charge is 0.455 e. The second-order valence-electron chi connectivity index (χ2n) is 17.4. The molecule has 3 aromatic heterocycles. The van der Waals surface area contributed by atoms with Gasteiger partial charge in [0.25, 0.3) is 0 Å². The van der Waals surface area contributed by atoms with E-state index in [1.165, 1.54) is 37.9 Å². The summed E-state index contributed by atoms with van der Waals surface area (Å²) in [6.07, 6.45) is -0.453. The van der Waals surface area contributed by atoms with Gasteiger partial charge in [0.2, 0.25) is 0 Å². The zero-order valence-corrected chi connectivity index (χ0v) is 36.1. The molecular formula is C61H39N5O. The predicted molar refractivity (Wildman–Crippen MR) is 277 cm³/mol. The maximum Gasteiger partial charge on any atom is 0.159 e. The second-order valence-corrected chi connectivity index (χ2v) is 17.4. The average Bonchev–Trinajstić information content (AvgIpc) is 4.05. The lowest BCUT2D eigenvalue weighted by Crippen LogP contribution is -2.33. The number of nitrogens with one attached hydrogen (secondary N) is 1. The maximum atomic E-state index is 6.87. The normalized spacial score (nSPS) is 14.1. The van der Waals surface area contributed by atoms with E-state index in [9.17, 15) is 0 Å². The first-order valence-corrected chi connectivity index (χ1v) is 22.8. The van der Waals surface area contributed by atoms with Crippen molar-refractivity contribution in [2.24, 2.45) is 9.98 Å². The van der Waals surface area contributed by atoms with E-state index in [-0.39, 0.29) is 0 Å². The van der Waals surface area contributed by atoms with Gasteiger partial charge in [-0.25, -0.2) is 9.98 Å². The van der Waals surface area contributed by atoms with Crippen LogP contribution < -0.4 is 5.32 Å². The fourth-order valence-corrected chi connectivity index (χ4v) is 10.4. The van der Waals surface area contributed by atoms with Crippen LogP contribution in [0.25, 0.3) is 98.8 Å². The molecule has 14 rings (SSSR count). The van der Waals surface area contributed by atoms with Crippen LogP contribution in [0, 0.1) is 0 Å². The Morgan fingerprint density at radius 3 is 1.76 bits per heavy atom. The number of hydrogen-bond acceptors (Lipinski definition) is 4. The van der Waals surface area contributed by atoms with Crippen molar-refractivity contribution in [3.8, 4) is 22.5 Å². The molecule has 13 aromatic rings. The Morgan fingerprint density at radius 2 is 0.985 bits per heavy atom. The van der Waals surface area contributed by atoms with E-state index in [0.717, 1.165) is 77.6 Å². The maximum absolute atomic E-state index is 6.87. The van der Waals surface area contributed by atoms with Gasteiger partial charge in [-0.2, -0.15) is 0 Å². The molecule has 4 heterocycles. The van der Waals surface area contributed by atoms with Gasteiger partial charge in [-0.3, -0.25) is 0 Å². The fraction of sp³-hybridized carbons (Fsp3) is 0.0164. The summed E-state index contributed by atoms with van der Waals surface area (Å²) in [6, 6.07) is 79.8. The minimum absolute atomic E-state index is 0.453. The molecule has 0 fully saturated rings. The van der Waals surface area contributed by atoms with Crippen LogP contribution in [-0.2, 0) is 0 Å². The average molecular weight is 858 g/mol. The van der Waals surface area contributed by atoms with Crippen LogP contribution in [0.15, 0.2) is 239 Å². The van der Waals surface area contributed by atoms with Gasteiger partial charge in [0, 0.05) is 49.3 Å². The number of hydrogen-bond donors (Lipinski definition) is 1. The minimum Gasteiger partial charge on any atom is -0.455 e. The van der Waals surface area contributed by atoms with Crippen molar-refractivity contribution in [1.29, 1.82) is 0 Å². The van der Waals surface area contributed by atoms with Crippen LogP contribution in [0.3, 0.4) is 0 Å². The van der Waals surface area contributed by atoms with E-state index in [4.69, 9.17) is 14.4 Å². The summed E-state index contributed by atoms with van der Waals surface area (Å²) in [5.74, 6) is 1.32. The highest BCUT2D eigenvalue weighted by Crippen LogP contribution is 2.40. The van der Waals surface area contributed by atoms with Crippen molar-refractivity contribution < 1.29 is 4.42 Å². The third-order valence-electron chi connectivity index (χ3n) is 13.5. The number of para-hydroxylation sites is 4.